The lowest BCUT2D eigenvalue weighted by molar-refractivity contribution is 0.400. The molecule has 136 valence electrons. The van der Waals surface area contributed by atoms with Crippen LogP contribution < -0.4 is 10.6 Å². The van der Waals surface area contributed by atoms with E-state index in [2.05, 4.69) is 31.8 Å². The highest BCUT2D eigenvalue weighted by Gasteiger charge is 2.09. The fraction of sp³-hybridized carbons (Fsp3) is 0.0476. The van der Waals surface area contributed by atoms with E-state index in [-0.39, 0.29) is 0 Å². The molecule has 0 saturated carbocycles. The second kappa shape index (κ2) is 7.60. The van der Waals surface area contributed by atoms with Gasteiger partial charge >= 0.3 is 0 Å². The fourth-order valence-electron chi connectivity index (χ4n) is 2.68. The largest absolute Gasteiger partial charge is 0.360 e. The quantitative estimate of drug-likeness (QED) is 0.522. The van der Waals surface area contributed by atoms with Crippen LogP contribution in [0.1, 0.15) is 11.3 Å². The molecule has 2 aromatic heterocycles. The van der Waals surface area contributed by atoms with Crippen LogP contribution >= 0.6 is 0 Å². The van der Waals surface area contributed by atoms with Crippen LogP contribution in [-0.2, 0) is 0 Å². The predicted octanol–water partition coefficient (Wildman–Crippen LogP) is 4.80. The van der Waals surface area contributed by atoms with Gasteiger partial charge in [-0.1, -0.05) is 41.6 Å². The zero-order chi connectivity index (χ0) is 19.3. The number of nitrogens with one attached hydrogen (secondary N) is 2. The van der Waals surface area contributed by atoms with Crippen LogP contribution in [0.3, 0.4) is 0 Å². The summed E-state index contributed by atoms with van der Waals surface area (Å²) in [6.07, 6.45) is 0. The number of aryl methyl sites for hydroxylation is 1. The third-order valence-electron chi connectivity index (χ3n) is 3.93. The first kappa shape index (κ1) is 17.2. The highest BCUT2D eigenvalue weighted by molar-refractivity contribution is 5.68. The summed E-state index contributed by atoms with van der Waals surface area (Å²) in [4.78, 5) is 9.13. The summed E-state index contributed by atoms with van der Waals surface area (Å²) >= 11 is 0. The molecule has 2 N–H and O–H groups in total. The number of hydrogen-bond donors (Lipinski definition) is 2. The number of hydrogen-bond acceptors (Lipinski definition) is 7. The Morgan fingerprint density at radius 2 is 1.75 bits per heavy atom. The van der Waals surface area contributed by atoms with Crippen molar-refractivity contribution in [2.45, 2.75) is 6.92 Å². The third kappa shape index (κ3) is 3.97. The Labute approximate surface area is 161 Å². The molecular weight excluding hydrogens is 352 g/mol. The van der Waals surface area contributed by atoms with Crippen LogP contribution in [0.4, 0.5) is 23.3 Å². The van der Waals surface area contributed by atoms with Crippen molar-refractivity contribution in [2.75, 3.05) is 10.6 Å². The van der Waals surface area contributed by atoms with E-state index in [0.29, 0.717) is 28.9 Å². The van der Waals surface area contributed by atoms with Crippen LogP contribution in [0.15, 0.2) is 71.3 Å². The molecule has 2 heterocycles. The van der Waals surface area contributed by atoms with Gasteiger partial charge in [0.1, 0.15) is 11.6 Å². The first-order chi connectivity index (χ1) is 13.7. The number of anilines is 4. The molecule has 0 aliphatic rings. The van der Waals surface area contributed by atoms with E-state index in [1.165, 1.54) is 0 Å². The van der Waals surface area contributed by atoms with E-state index in [1.54, 1.807) is 24.3 Å². The van der Waals surface area contributed by atoms with Gasteiger partial charge in [0, 0.05) is 23.4 Å². The maximum atomic E-state index is 9.10. The Balaban J connectivity index is 1.71. The lowest BCUT2D eigenvalue weighted by Crippen LogP contribution is -2.02. The summed E-state index contributed by atoms with van der Waals surface area (Å²) in [5, 5.41) is 19.3. The summed E-state index contributed by atoms with van der Waals surface area (Å²) in [6, 6.07) is 22.7. The second-order valence-corrected chi connectivity index (χ2v) is 6.09. The molecule has 0 atom stereocenters. The maximum absolute atomic E-state index is 9.10. The third-order valence-corrected chi connectivity index (χ3v) is 3.93. The number of nitriles is 1. The minimum atomic E-state index is 0.402. The van der Waals surface area contributed by atoms with Gasteiger partial charge in [0.05, 0.1) is 17.3 Å². The van der Waals surface area contributed by atoms with Crippen molar-refractivity contribution in [2.24, 2.45) is 0 Å². The molecule has 0 amide bonds. The molecule has 28 heavy (non-hydrogen) atoms. The molecule has 0 unspecified atom stereocenters. The zero-order valence-electron chi connectivity index (χ0n) is 15.0. The molecule has 0 spiro atoms. The van der Waals surface area contributed by atoms with Crippen LogP contribution in [0.5, 0.6) is 0 Å². The van der Waals surface area contributed by atoms with Crippen molar-refractivity contribution in [1.29, 1.82) is 5.26 Å². The van der Waals surface area contributed by atoms with E-state index in [1.807, 2.05) is 49.4 Å². The standard InChI is InChI=1S/C21H16N6O/c1-14-10-20(27-28-14)25-19-12-18(16-7-3-2-4-8-16)24-21(26-19)23-17-9-5-6-15(11-17)13-22/h2-12H,1H3,(H2,23,24,25,26,27). The van der Waals surface area contributed by atoms with Crippen LogP contribution in [0, 0.1) is 18.3 Å². The maximum Gasteiger partial charge on any atom is 0.229 e. The van der Waals surface area contributed by atoms with Gasteiger partial charge in [-0.05, 0) is 25.1 Å². The minimum absolute atomic E-state index is 0.402. The molecule has 7 heteroatoms. The van der Waals surface area contributed by atoms with Gasteiger partial charge in [0.25, 0.3) is 0 Å². The van der Waals surface area contributed by atoms with E-state index < -0.39 is 0 Å². The molecular formula is C21H16N6O. The molecule has 0 saturated heterocycles. The summed E-state index contributed by atoms with van der Waals surface area (Å²) < 4.78 is 5.10. The lowest BCUT2D eigenvalue weighted by Gasteiger charge is -2.10. The van der Waals surface area contributed by atoms with Crippen LogP contribution in [0.2, 0.25) is 0 Å². The Bertz CT molecular complexity index is 1150. The highest BCUT2D eigenvalue weighted by atomic mass is 16.5. The topological polar surface area (TPSA) is 99.7 Å². The lowest BCUT2D eigenvalue weighted by atomic mass is 10.1. The van der Waals surface area contributed by atoms with Crippen molar-refractivity contribution >= 4 is 23.3 Å². The molecule has 0 aliphatic carbocycles. The number of nitrogens with zero attached hydrogens (tertiary/aromatic N) is 4. The number of benzene rings is 2. The van der Waals surface area contributed by atoms with Crippen molar-refractivity contribution in [3.05, 3.63) is 78.1 Å². The Kier molecular flexibility index (Phi) is 4.68. The van der Waals surface area contributed by atoms with E-state index in [0.717, 1.165) is 16.9 Å². The van der Waals surface area contributed by atoms with Crippen molar-refractivity contribution in [1.82, 2.24) is 15.1 Å². The van der Waals surface area contributed by atoms with Crippen molar-refractivity contribution < 1.29 is 4.52 Å². The Hall–Kier alpha value is -4.18. The molecule has 0 fully saturated rings. The van der Waals surface area contributed by atoms with E-state index >= 15 is 0 Å². The predicted molar refractivity (Wildman–Crippen MR) is 106 cm³/mol. The average molecular weight is 368 g/mol. The molecule has 0 radical (unpaired) electrons. The van der Waals surface area contributed by atoms with Gasteiger partial charge in [-0.25, -0.2) is 4.98 Å². The monoisotopic (exact) mass is 368 g/mol. The summed E-state index contributed by atoms with van der Waals surface area (Å²) in [6.45, 7) is 1.82. The normalized spacial score (nSPS) is 10.3. The highest BCUT2D eigenvalue weighted by Crippen LogP contribution is 2.25. The Morgan fingerprint density at radius 1 is 0.893 bits per heavy atom. The number of aromatic nitrogens is 3. The molecule has 0 aliphatic heterocycles. The average Bonchev–Trinajstić information content (AvgIpc) is 3.13. The summed E-state index contributed by atoms with van der Waals surface area (Å²) in [5.74, 6) is 2.24. The molecule has 7 nitrogen and oxygen atoms in total. The Morgan fingerprint density at radius 3 is 2.50 bits per heavy atom. The van der Waals surface area contributed by atoms with Crippen molar-refractivity contribution in [3.63, 3.8) is 0 Å². The van der Waals surface area contributed by atoms with Crippen LogP contribution in [0.25, 0.3) is 11.3 Å². The molecule has 0 bridgehead atoms. The fourth-order valence-corrected chi connectivity index (χ4v) is 2.68. The van der Waals surface area contributed by atoms with Crippen molar-refractivity contribution in [3.8, 4) is 17.3 Å². The SMILES string of the molecule is Cc1cc(Nc2cc(-c3ccccc3)nc(Nc3cccc(C#N)c3)n2)no1. The van der Waals surface area contributed by atoms with Gasteiger partial charge in [-0.2, -0.15) is 10.2 Å². The first-order valence-electron chi connectivity index (χ1n) is 8.62. The van der Waals surface area contributed by atoms with E-state index in [4.69, 9.17) is 9.78 Å². The minimum Gasteiger partial charge on any atom is -0.360 e. The van der Waals surface area contributed by atoms with Gasteiger partial charge in [-0.15, -0.1) is 0 Å². The zero-order valence-corrected chi connectivity index (χ0v) is 15.0. The molecule has 4 rings (SSSR count). The smallest absolute Gasteiger partial charge is 0.229 e. The first-order valence-corrected chi connectivity index (χ1v) is 8.62. The van der Waals surface area contributed by atoms with Gasteiger partial charge in [0.2, 0.25) is 5.95 Å². The molecule has 4 aromatic rings. The molecule has 2 aromatic carbocycles. The number of rotatable bonds is 5. The van der Waals surface area contributed by atoms with Gasteiger partial charge in [-0.3, -0.25) is 0 Å². The second-order valence-electron chi connectivity index (χ2n) is 6.09. The van der Waals surface area contributed by atoms with Gasteiger partial charge < -0.3 is 15.2 Å². The summed E-state index contributed by atoms with van der Waals surface area (Å²) in [5.41, 5.74) is 2.99. The summed E-state index contributed by atoms with van der Waals surface area (Å²) in [7, 11) is 0. The van der Waals surface area contributed by atoms with Gasteiger partial charge in [0.15, 0.2) is 5.82 Å². The van der Waals surface area contributed by atoms with E-state index in [9.17, 15) is 0 Å². The van der Waals surface area contributed by atoms with Crippen LogP contribution in [-0.4, -0.2) is 15.1 Å².